The summed E-state index contributed by atoms with van der Waals surface area (Å²) in [6.45, 7) is 6.08. The third-order valence-electron chi connectivity index (χ3n) is 5.40. The number of aromatic nitrogens is 4. The third kappa shape index (κ3) is 3.75. The van der Waals surface area contributed by atoms with Crippen molar-refractivity contribution in [2.24, 2.45) is 0 Å². The van der Waals surface area contributed by atoms with Crippen LogP contribution in [0.15, 0.2) is 40.5 Å². The van der Waals surface area contributed by atoms with E-state index >= 15 is 0 Å². The Morgan fingerprint density at radius 2 is 1.97 bits per heavy atom. The van der Waals surface area contributed by atoms with Crippen molar-refractivity contribution in [3.8, 4) is 0 Å². The number of nitrogens with one attached hydrogen (secondary N) is 1. The Balaban J connectivity index is 1.55. The SMILES string of the molecule is CC[C@@H](C)n1c(=O)c2sccc2n2c(CCCC(=O)Nc3ccc(C)cc3)nnc12. The highest BCUT2D eigenvalue weighted by atomic mass is 32.1. The lowest BCUT2D eigenvalue weighted by molar-refractivity contribution is -0.116. The molecule has 8 heteroatoms. The van der Waals surface area contributed by atoms with Crippen LogP contribution in [0.4, 0.5) is 5.69 Å². The first-order valence-corrected chi connectivity index (χ1v) is 11.1. The van der Waals surface area contributed by atoms with Gasteiger partial charge in [-0.05, 0) is 50.3 Å². The van der Waals surface area contributed by atoms with Crippen molar-refractivity contribution in [2.75, 3.05) is 5.32 Å². The summed E-state index contributed by atoms with van der Waals surface area (Å²) in [5, 5.41) is 13.5. The standard InChI is InChI=1S/C22H25N5O2S/c1-4-15(3)26-21(29)20-17(12-13-30-20)27-18(24-25-22(26)27)6-5-7-19(28)23-16-10-8-14(2)9-11-16/h8-13,15H,4-7H2,1-3H3,(H,23,28)/t15-/m1/s1. The van der Waals surface area contributed by atoms with Gasteiger partial charge in [0.1, 0.15) is 10.5 Å². The molecule has 0 aliphatic rings. The maximum absolute atomic E-state index is 13.0. The zero-order chi connectivity index (χ0) is 21.3. The zero-order valence-electron chi connectivity index (χ0n) is 17.4. The molecule has 4 rings (SSSR count). The Morgan fingerprint density at radius 3 is 2.70 bits per heavy atom. The van der Waals surface area contributed by atoms with E-state index in [0.29, 0.717) is 29.7 Å². The number of aryl methyl sites for hydroxylation is 2. The van der Waals surface area contributed by atoms with E-state index in [2.05, 4.69) is 22.4 Å². The molecule has 0 saturated heterocycles. The van der Waals surface area contributed by atoms with Gasteiger partial charge in [0, 0.05) is 24.6 Å². The van der Waals surface area contributed by atoms with Crippen LogP contribution in [0.2, 0.25) is 0 Å². The number of benzene rings is 1. The second kappa shape index (κ2) is 8.39. The topological polar surface area (TPSA) is 81.3 Å². The van der Waals surface area contributed by atoms with E-state index in [1.807, 2.05) is 54.0 Å². The first-order chi connectivity index (χ1) is 14.5. The van der Waals surface area contributed by atoms with Gasteiger partial charge in [-0.3, -0.25) is 18.6 Å². The van der Waals surface area contributed by atoms with Crippen molar-refractivity contribution < 1.29 is 4.79 Å². The third-order valence-corrected chi connectivity index (χ3v) is 6.29. The van der Waals surface area contributed by atoms with Gasteiger partial charge in [0.2, 0.25) is 11.7 Å². The van der Waals surface area contributed by atoms with Crippen LogP contribution < -0.4 is 10.9 Å². The highest BCUT2D eigenvalue weighted by Gasteiger charge is 2.19. The first kappa shape index (κ1) is 20.3. The summed E-state index contributed by atoms with van der Waals surface area (Å²) < 4.78 is 4.41. The quantitative estimate of drug-likeness (QED) is 0.479. The summed E-state index contributed by atoms with van der Waals surface area (Å²) in [4.78, 5) is 25.2. The molecule has 0 bridgehead atoms. The molecule has 0 radical (unpaired) electrons. The second-order valence-corrected chi connectivity index (χ2v) is 8.50. The molecule has 156 valence electrons. The van der Waals surface area contributed by atoms with Gasteiger partial charge in [-0.25, -0.2) is 0 Å². The largest absolute Gasteiger partial charge is 0.326 e. The van der Waals surface area contributed by atoms with E-state index in [1.54, 1.807) is 4.57 Å². The van der Waals surface area contributed by atoms with Crippen LogP contribution in [-0.2, 0) is 11.2 Å². The van der Waals surface area contributed by atoms with Crippen molar-refractivity contribution in [3.63, 3.8) is 0 Å². The van der Waals surface area contributed by atoms with Gasteiger partial charge in [-0.15, -0.1) is 21.5 Å². The average Bonchev–Trinajstić information content (AvgIpc) is 3.37. The van der Waals surface area contributed by atoms with E-state index < -0.39 is 0 Å². The minimum Gasteiger partial charge on any atom is -0.326 e. The molecular formula is C22H25N5O2S. The zero-order valence-corrected chi connectivity index (χ0v) is 18.2. The molecule has 0 saturated carbocycles. The molecule has 0 aliphatic carbocycles. The van der Waals surface area contributed by atoms with Crippen LogP contribution in [0.1, 0.15) is 50.5 Å². The summed E-state index contributed by atoms with van der Waals surface area (Å²) >= 11 is 1.44. The Bertz CT molecular complexity index is 1250. The van der Waals surface area contributed by atoms with Gasteiger partial charge in [0.05, 0.1) is 5.52 Å². The Morgan fingerprint density at radius 1 is 1.20 bits per heavy atom. The van der Waals surface area contributed by atoms with Crippen molar-refractivity contribution in [2.45, 2.75) is 52.5 Å². The van der Waals surface area contributed by atoms with Crippen molar-refractivity contribution in [1.82, 2.24) is 19.2 Å². The number of amides is 1. The lowest BCUT2D eigenvalue weighted by Gasteiger charge is -2.14. The molecule has 0 fully saturated rings. The number of nitrogens with zero attached hydrogens (tertiary/aromatic N) is 4. The molecule has 30 heavy (non-hydrogen) atoms. The molecule has 3 aromatic heterocycles. The minimum absolute atomic E-state index is 0.0155. The molecule has 1 amide bonds. The molecule has 1 atom stereocenters. The van der Waals surface area contributed by atoms with E-state index in [0.717, 1.165) is 29.0 Å². The maximum atomic E-state index is 13.0. The maximum Gasteiger partial charge on any atom is 0.273 e. The average molecular weight is 424 g/mol. The number of thiophene rings is 1. The van der Waals surface area contributed by atoms with Crippen molar-refractivity contribution in [1.29, 1.82) is 0 Å². The van der Waals surface area contributed by atoms with Crippen LogP contribution in [0.5, 0.6) is 0 Å². The van der Waals surface area contributed by atoms with Gasteiger partial charge in [0.15, 0.2) is 0 Å². The summed E-state index contributed by atoms with van der Waals surface area (Å²) in [6, 6.07) is 9.72. The lowest BCUT2D eigenvalue weighted by atomic mass is 10.2. The predicted molar refractivity (Wildman–Crippen MR) is 120 cm³/mol. The fourth-order valence-electron chi connectivity index (χ4n) is 3.56. The Hall–Kier alpha value is -3.00. The summed E-state index contributed by atoms with van der Waals surface area (Å²) in [7, 11) is 0. The minimum atomic E-state index is -0.0233. The molecule has 1 aromatic carbocycles. The number of hydrogen-bond donors (Lipinski definition) is 1. The molecule has 7 nitrogen and oxygen atoms in total. The summed E-state index contributed by atoms with van der Waals surface area (Å²) in [6.07, 6.45) is 2.47. The molecule has 1 N–H and O–H groups in total. The molecule has 0 aliphatic heterocycles. The van der Waals surface area contributed by atoms with Gasteiger partial charge in [-0.2, -0.15) is 0 Å². The monoisotopic (exact) mass is 423 g/mol. The first-order valence-electron chi connectivity index (χ1n) is 10.2. The van der Waals surface area contributed by atoms with Gasteiger partial charge >= 0.3 is 0 Å². The summed E-state index contributed by atoms with van der Waals surface area (Å²) in [5.74, 6) is 1.32. The molecular weight excluding hydrogens is 398 g/mol. The summed E-state index contributed by atoms with van der Waals surface area (Å²) in [5.41, 5.74) is 2.78. The van der Waals surface area contributed by atoms with E-state index in [1.165, 1.54) is 11.3 Å². The fraction of sp³-hybridized carbons (Fsp3) is 0.364. The van der Waals surface area contributed by atoms with E-state index in [-0.39, 0.29) is 17.5 Å². The lowest BCUT2D eigenvalue weighted by Crippen LogP contribution is -2.25. The second-order valence-electron chi connectivity index (χ2n) is 7.59. The van der Waals surface area contributed by atoms with E-state index in [9.17, 15) is 9.59 Å². The number of hydrogen-bond acceptors (Lipinski definition) is 5. The van der Waals surface area contributed by atoms with Crippen LogP contribution in [0.25, 0.3) is 16.0 Å². The normalized spacial score (nSPS) is 12.5. The molecule has 0 spiro atoms. The molecule has 3 heterocycles. The predicted octanol–water partition coefficient (Wildman–Crippen LogP) is 4.35. The Kier molecular flexibility index (Phi) is 5.67. The number of carbonyl (C=O) groups is 1. The number of carbonyl (C=O) groups excluding carboxylic acids is 1. The van der Waals surface area contributed by atoms with Gasteiger partial charge in [0.25, 0.3) is 5.56 Å². The van der Waals surface area contributed by atoms with Crippen LogP contribution in [0, 0.1) is 6.92 Å². The Labute approximate surface area is 178 Å². The fourth-order valence-corrected chi connectivity index (χ4v) is 4.37. The van der Waals surface area contributed by atoms with Gasteiger partial charge in [-0.1, -0.05) is 24.6 Å². The number of fused-ring (bicyclic) bond motifs is 3. The smallest absolute Gasteiger partial charge is 0.273 e. The van der Waals surface area contributed by atoms with Gasteiger partial charge < -0.3 is 5.32 Å². The van der Waals surface area contributed by atoms with Crippen LogP contribution in [-0.4, -0.2) is 25.1 Å². The van der Waals surface area contributed by atoms with E-state index in [4.69, 9.17) is 0 Å². The number of anilines is 1. The highest BCUT2D eigenvalue weighted by Crippen LogP contribution is 2.23. The molecule has 0 unspecified atom stereocenters. The number of rotatable bonds is 7. The molecule has 4 aromatic rings. The highest BCUT2D eigenvalue weighted by molar-refractivity contribution is 7.17. The van der Waals surface area contributed by atoms with Crippen molar-refractivity contribution >= 4 is 38.9 Å². The van der Waals surface area contributed by atoms with Crippen LogP contribution in [0.3, 0.4) is 0 Å². The van der Waals surface area contributed by atoms with Crippen LogP contribution >= 0.6 is 11.3 Å². The van der Waals surface area contributed by atoms with Crippen molar-refractivity contribution in [3.05, 3.63) is 57.5 Å².